The third-order valence-electron chi connectivity index (χ3n) is 17.4. The second-order valence-electron chi connectivity index (χ2n) is 24.2. The molecule has 87 heavy (non-hydrogen) atoms. The molecule has 4 aromatic carbocycles. The number of rotatable bonds is 37. The zero-order valence-electron chi connectivity index (χ0n) is 52.9. The Morgan fingerprint density at radius 1 is 0.322 bits per heavy atom. The van der Waals surface area contributed by atoms with E-state index in [1.165, 1.54) is 128 Å². The van der Waals surface area contributed by atoms with Gasteiger partial charge in [0.25, 0.3) is 0 Å². The van der Waals surface area contributed by atoms with E-state index in [2.05, 4.69) is 190 Å². The molecule has 460 valence electrons. The van der Waals surface area contributed by atoms with Gasteiger partial charge in [-0.2, -0.15) is 0 Å². The van der Waals surface area contributed by atoms with Crippen molar-refractivity contribution in [2.45, 2.75) is 182 Å². The Labute approximate surface area is 519 Å². The summed E-state index contributed by atoms with van der Waals surface area (Å²) in [6.45, 7) is 12.8. The first kappa shape index (κ1) is 63.6. The highest BCUT2D eigenvalue weighted by atomic mass is 16.4. The molecule has 0 fully saturated rings. The average Bonchev–Trinajstić information content (AvgIpc) is 1.85. The van der Waals surface area contributed by atoms with Crippen LogP contribution in [0.25, 0.3) is 33.4 Å². The predicted molar refractivity (Wildman–Crippen MR) is 369 cm³/mol. The number of benzene rings is 4. The lowest BCUT2D eigenvalue weighted by Gasteiger charge is -2.13. The summed E-state index contributed by atoms with van der Waals surface area (Å²) >= 11 is 0. The number of hydrogen-bond donors (Lipinski definition) is 9. The predicted octanol–water partition coefficient (Wildman–Crippen LogP) is 17.1. The molecular weight excluding hydrogens is 1070 g/mol. The molecule has 8 aromatic rings. The van der Waals surface area contributed by atoms with Gasteiger partial charge in [0.2, 0.25) is 0 Å². The molecule has 10 nitrogen and oxygen atoms in total. The highest BCUT2D eigenvalue weighted by molar-refractivity contribution is 6.14. The quantitative estimate of drug-likeness (QED) is 0.0177. The summed E-state index contributed by atoms with van der Waals surface area (Å²) in [7, 11) is 0. The average molecular weight is 1170 g/mol. The van der Waals surface area contributed by atoms with Crippen LogP contribution in [0.5, 0.6) is 0 Å². The van der Waals surface area contributed by atoms with Crippen molar-refractivity contribution in [3.63, 3.8) is 0 Å². The molecule has 0 saturated carbocycles. The molecule has 10 heteroatoms. The number of aliphatic carboxylic acids is 1. The molecule has 1 aliphatic rings. The van der Waals surface area contributed by atoms with E-state index >= 15 is 0 Å². The number of nitrogens with one attached hydrogen (secondary N) is 8. The third-order valence-corrected chi connectivity index (χ3v) is 17.4. The van der Waals surface area contributed by atoms with Gasteiger partial charge in [0.05, 0.1) is 16.7 Å². The molecule has 0 spiro atoms. The summed E-state index contributed by atoms with van der Waals surface area (Å²) in [5.41, 5.74) is 15.5. The number of unbranched alkanes of at least 4 members (excludes halogenated alkanes) is 20. The summed E-state index contributed by atoms with van der Waals surface area (Å²) in [4.78, 5) is 29.4. The van der Waals surface area contributed by atoms with Crippen molar-refractivity contribution in [3.05, 3.63) is 200 Å². The monoisotopic (exact) mass is 1170 g/mol. The summed E-state index contributed by atoms with van der Waals surface area (Å²) in [5, 5.41) is 29.4. The first-order chi connectivity index (χ1) is 42.8. The van der Waals surface area contributed by atoms with E-state index in [4.69, 9.17) is 0 Å². The standard InChI is InChI=1S/C77H100N8O2/c1-5-9-13-17-21-25-51-78-60-37-29-56(30-38-60)64-55-71-75(77(86)87)70-50-48-68(84-70)73(58-33-41-62(42-34-58)80-53-27-23-19-15-11-7-3)66-46-45-65(82-66)72(57-31-39-61(40-32-57)79-52-26-22-18-14-10-6-2)67-47-49-69(83-67)74(76(64)85-71)59-35-43-63(44-36-59)81-54-28-24-20-16-12-8-4/h29-50,55,78-85H,5-28,51-54H2,1-4H3,(H,86,87). The molecule has 5 heterocycles. The molecule has 0 atom stereocenters. The van der Waals surface area contributed by atoms with Gasteiger partial charge in [-0.05, 0) is 139 Å². The van der Waals surface area contributed by atoms with Crippen molar-refractivity contribution in [1.29, 1.82) is 0 Å². The fraction of sp³-hybridized carbons (Fsp3) is 0.416. The van der Waals surface area contributed by atoms with Crippen molar-refractivity contribution in [2.24, 2.45) is 0 Å². The van der Waals surface area contributed by atoms with E-state index in [0.29, 0.717) is 11.0 Å². The number of carboxylic acids is 1. The van der Waals surface area contributed by atoms with Crippen molar-refractivity contribution in [2.75, 3.05) is 47.4 Å². The highest BCUT2D eigenvalue weighted by Crippen LogP contribution is 2.35. The first-order valence-corrected chi connectivity index (χ1v) is 33.8. The summed E-state index contributed by atoms with van der Waals surface area (Å²) in [5.74, 6) is -1.03. The number of fused-ring (bicyclic) bond motifs is 8. The van der Waals surface area contributed by atoms with Crippen LogP contribution >= 0.6 is 0 Å². The Balaban J connectivity index is 1.19. The third kappa shape index (κ3) is 17.9. The van der Waals surface area contributed by atoms with Gasteiger partial charge in [-0.1, -0.05) is 205 Å². The van der Waals surface area contributed by atoms with E-state index in [0.717, 1.165) is 152 Å². The molecule has 0 saturated heterocycles. The number of aromatic nitrogens is 4. The normalized spacial score (nSPS) is 12.3. The van der Waals surface area contributed by atoms with E-state index in [-0.39, 0.29) is 5.57 Å². The fourth-order valence-electron chi connectivity index (χ4n) is 12.4. The van der Waals surface area contributed by atoms with Crippen LogP contribution < -0.4 is 42.7 Å². The van der Waals surface area contributed by atoms with Gasteiger partial charge in [0.15, 0.2) is 0 Å². The van der Waals surface area contributed by atoms with Crippen molar-refractivity contribution >= 4 is 51.0 Å². The number of hydrogen-bond acceptors (Lipinski definition) is 5. The Bertz CT molecular complexity index is 3610. The van der Waals surface area contributed by atoms with E-state index in [9.17, 15) is 9.90 Å². The number of carbonyl (C=O) groups is 1. The molecule has 0 unspecified atom stereocenters. The van der Waals surface area contributed by atoms with Crippen molar-refractivity contribution in [3.8, 4) is 11.1 Å². The fourth-order valence-corrected chi connectivity index (χ4v) is 12.4. The Kier molecular flexibility index (Phi) is 24.8. The topological polar surface area (TPSA) is 149 Å². The Morgan fingerprint density at radius 3 is 1.00 bits per heavy atom. The maximum absolute atomic E-state index is 14.0. The largest absolute Gasteiger partial charge is 0.478 e. The molecule has 9 rings (SSSR count). The molecule has 9 N–H and O–H groups in total. The van der Waals surface area contributed by atoms with Crippen LogP contribution in [0, 0.1) is 0 Å². The Morgan fingerprint density at radius 2 is 0.632 bits per heavy atom. The van der Waals surface area contributed by atoms with Crippen LogP contribution in [-0.4, -0.2) is 57.2 Å². The maximum Gasteiger partial charge on any atom is 0.339 e. The van der Waals surface area contributed by atoms with Crippen LogP contribution in [0.15, 0.2) is 140 Å². The van der Waals surface area contributed by atoms with Crippen molar-refractivity contribution < 1.29 is 9.90 Å². The summed E-state index contributed by atoms with van der Waals surface area (Å²) < 4.78 is 0. The lowest BCUT2D eigenvalue weighted by molar-refractivity contribution is -0.130. The summed E-state index contributed by atoms with van der Waals surface area (Å²) in [6, 6.07) is 49.7. The summed E-state index contributed by atoms with van der Waals surface area (Å²) in [6.07, 6.45) is 30.0. The molecule has 4 aromatic heterocycles. The molecule has 0 amide bonds. The van der Waals surface area contributed by atoms with Gasteiger partial charge >= 0.3 is 5.97 Å². The van der Waals surface area contributed by atoms with Gasteiger partial charge < -0.3 is 46.3 Å². The first-order valence-electron chi connectivity index (χ1n) is 33.8. The van der Waals surface area contributed by atoms with Crippen LogP contribution in [0.2, 0.25) is 0 Å². The number of carboxylic acid groups (broad SMARTS) is 1. The number of anilines is 4. The highest BCUT2D eigenvalue weighted by Gasteiger charge is 2.24. The molecule has 0 aliphatic carbocycles. The minimum absolute atomic E-state index is 0.153. The maximum atomic E-state index is 14.0. The lowest BCUT2D eigenvalue weighted by Crippen LogP contribution is -2.21. The van der Waals surface area contributed by atoms with Gasteiger partial charge in [0, 0.05) is 98.6 Å². The van der Waals surface area contributed by atoms with Gasteiger partial charge in [-0.15, -0.1) is 0 Å². The zero-order chi connectivity index (χ0) is 60.4. The second kappa shape index (κ2) is 33.9. The molecule has 8 bridgehead atoms. The zero-order valence-corrected chi connectivity index (χ0v) is 52.9. The van der Waals surface area contributed by atoms with Gasteiger partial charge in [-0.3, -0.25) is 0 Å². The molecular formula is C77H100N8O2. The van der Waals surface area contributed by atoms with Crippen molar-refractivity contribution in [1.82, 2.24) is 19.9 Å². The second-order valence-corrected chi connectivity index (χ2v) is 24.2. The SMILES string of the molecule is CCCCCCCCNc1ccc(C2=c3ccc([nH]3)=C(C(=O)O)c3cc(-c4ccc(NCCCCCCCC)cc4)c([nH]3)C(c3ccc(NCCCCCCCC)cc3)=c3ccc([nH]3)=C(c3ccc(NCCCCCCCC)cc3)c3ccc2[nH]3)cc1. The van der Waals surface area contributed by atoms with Gasteiger partial charge in [-0.25, -0.2) is 4.79 Å². The van der Waals surface area contributed by atoms with Crippen LogP contribution in [0.4, 0.5) is 22.7 Å². The number of aromatic amines is 4. The molecule has 0 radical (unpaired) electrons. The van der Waals surface area contributed by atoms with E-state index in [1.807, 2.05) is 18.2 Å². The smallest absolute Gasteiger partial charge is 0.339 e. The van der Waals surface area contributed by atoms with Crippen LogP contribution in [0.1, 0.15) is 221 Å². The van der Waals surface area contributed by atoms with Crippen LogP contribution in [0.3, 0.4) is 0 Å². The van der Waals surface area contributed by atoms with E-state index in [1.54, 1.807) is 0 Å². The van der Waals surface area contributed by atoms with Gasteiger partial charge in [0.1, 0.15) is 5.57 Å². The lowest BCUT2D eigenvalue weighted by atomic mass is 9.95. The Hall–Kier alpha value is -7.85. The molecule has 1 aliphatic heterocycles. The minimum Gasteiger partial charge on any atom is -0.478 e. The van der Waals surface area contributed by atoms with Crippen LogP contribution in [-0.2, 0) is 4.79 Å². The number of H-pyrrole nitrogens is 4. The van der Waals surface area contributed by atoms with E-state index < -0.39 is 5.97 Å². The minimum atomic E-state index is -1.03.